The first kappa shape index (κ1) is 21.9. The van der Waals surface area contributed by atoms with Crippen LogP contribution in [0.1, 0.15) is 60.4 Å². The molecule has 0 spiro atoms. The van der Waals surface area contributed by atoms with Gasteiger partial charge in [-0.25, -0.2) is 14.2 Å². The largest absolute Gasteiger partial charge is 0.493 e. The zero-order chi connectivity index (χ0) is 23.3. The van der Waals surface area contributed by atoms with Gasteiger partial charge in [0, 0.05) is 26.7 Å². The molecule has 1 fully saturated rings. The van der Waals surface area contributed by atoms with Crippen molar-refractivity contribution in [2.45, 2.75) is 44.6 Å². The van der Waals surface area contributed by atoms with Crippen molar-refractivity contribution < 1.29 is 9.50 Å². The number of aromatic nitrogens is 4. The van der Waals surface area contributed by atoms with Crippen molar-refractivity contribution in [3.05, 3.63) is 91.2 Å². The number of nitrogens with one attached hydrogen (secondary N) is 2. The summed E-state index contributed by atoms with van der Waals surface area (Å²) in [6, 6.07) is 14.2. The maximum atomic E-state index is 14.7. The van der Waals surface area contributed by atoms with Crippen molar-refractivity contribution >= 4 is 22.6 Å². The van der Waals surface area contributed by atoms with Crippen molar-refractivity contribution in [3.8, 4) is 17.1 Å². The lowest BCUT2D eigenvalue weighted by Crippen LogP contribution is -2.27. The molecule has 0 aliphatic heterocycles. The Kier molecular flexibility index (Phi) is 5.64. The lowest BCUT2D eigenvalue weighted by molar-refractivity contribution is 0.365. The molecule has 1 aliphatic rings. The highest BCUT2D eigenvalue weighted by atomic mass is 127. The Morgan fingerprint density at radius 3 is 2.58 bits per heavy atom. The minimum Gasteiger partial charge on any atom is -0.493 e. The number of imidazole rings is 2. The number of aromatic amines is 2. The van der Waals surface area contributed by atoms with Crippen LogP contribution in [0.5, 0.6) is 5.88 Å². The van der Waals surface area contributed by atoms with Gasteiger partial charge in [0.25, 0.3) is 0 Å². The van der Waals surface area contributed by atoms with Gasteiger partial charge in [-0.1, -0.05) is 37.3 Å². The number of hydrogen-bond donors (Lipinski definition) is 3. The fraction of sp³-hybridized carbons (Fsp3) is 0.280. The highest BCUT2D eigenvalue weighted by molar-refractivity contribution is 14.1. The summed E-state index contributed by atoms with van der Waals surface area (Å²) in [5.74, 6) is 0.0781. The second-order valence-corrected chi connectivity index (χ2v) is 9.92. The van der Waals surface area contributed by atoms with Crippen LogP contribution in [0.2, 0.25) is 0 Å². The first-order valence-corrected chi connectivity index (χ1v) is 12.0. The molecule has 2 atom stereocenters. The molecule has 6 nitrogen and oxygen atoms in total. The molecule has 3 N–H and O–H groups in total. The van der Waals surface area contributed by atoms with Crippen LogP contribution in [0.3, 0.4) is 0 Å². The molecular weight excluding hydrogens is 534 g/mol. The number of nitrogens with zero attached hydrogens (tertiary/aromatic N) is 2. The molecule has 0 radical (unpaired) electrons. The van der Waals surface area contributed by atoms with Gasteiger partial charge in [-0.05, 0) is 66.1 Å². The van der Waals surface area contributed by atoms with Crippen LogP contribution in [-0.2, 0) is 0 Å². The van der Waals surface area contributed by atoms with Gasteiger partial charge in [0.2, 0.25) is 5.88 Å². The predicted octanol–water partition coefficient (Wildman–Crippen LogP) is 5.59. The molecule has 0 amide bonds. The van der Waals surface area contributed by atoms with E-state index in [9.17, 15) is 14.3 Å². The van der Waals surface area contributed by atoms with Gasteiger partial charge in [0.15, 0.2) is 0 Å². The summed E-state index contributed by atoms with van der Waals surface area (Å²) in [4.78, 5) is 23.9. The van der Waals surface area contributed by atoms with Crippen LogP contribution in [-0.4, -0.2) is 24.6 Å². The van der Waals surface area contributed by atoms with Crippen molar-refractivity contribution in [2.24, 2.45) is 0 Å². The zero-order valence-electron chi connectivity index (χ0n) is 18.3. The van der Waals surface area contributed by atoms with Gasteiger partial charge < -0.3 is 15.1 Å². The fourth-order valence-electron chi connectivity index (χ4n) is 4.46. The Hall–Kier alpha value is -2.88. The summed E-state index contributed by atoms with van der Waals surface area (Å²) < 4.78 is 16.9. The van der Waals surface area contributed by atoms with E-state index in [2.05, 4.69) is 32.6 Å². The summed E-state index contributed by atoms with van der Waals surface area (Å²) in [5, 5.41) is 11.0. The number of rotatable bonds is 6. The first-order chi connectivity index (χ1) is 15.8. The van der Waals surface area contributed by atoms with Crippen LogP contribution in [0.4, 0.5) is 4.39 Å². The van der Waals surface area contributed by atoms with Gasteiger partial charge >= 0.3 is 5.69 Å². The fourth-order valence-corrected chi connectivity index (χ4v) is 4.91. The number of aryl methyl sites for hydroxylation is 1. The minimum absolute atomic E-state index is 0.0497. The second-order valence-electron chi connectivity index (χ2n) is 8.68. The summed E-state index contributed by atoms with van der Waals surface area (Å²) >= 11 is 2.07. The van der Waals surface area contributed by atoms with Crippen LogP contribution in [0.25, 0.3) is 11.3 Å². The van der Waals surface area contributed by atoms with Crippen LogP contribution >= 0.6 is 22.6 Å². The van der Waals surface area contributed by atoms with Crippen molar-refractivity contribution in [2.75, 3.05) is 0 Å². The molecule has 2 aromatic carbocycles. The van der Waals surface area contributed by atoms with Crippen molar-refractivity contribution in [3.63, 3.8) is 0 Å². The molecule has 1 saturated carbocycles. The van der Waals surface area contributed by atoms with E-state index in [1.54, 1.807) is 6.07 Å². The maximum absolute atomic E-state index is 14.7. The second kappa shape index (κ2) is 8.48. The zero-order valence-corrected chi connectivity index (χ0v) is 20.4. The van der Waals surface area contributed by atoms with E-state index >= 15 is 0 Å². The van der Waals surface area contributed by atoms with E-state index in [1.807, 2.05) is 50.2 Å². The third-order valence-electron chi connectivity index (χ3n) is 6.36. The Balaban J connectivity index is 1.67. The maximum Gasteiger partial charge on any atom is 0.329 e. The lowest BCUT2D eigenvalue weighted by atomic mass is 9.92. The third-order valence-corrected chi connectivity index (χ3v) is 7.03. The molecule has 5 rings (SSSR count). The normalized spacial score (nSPS) is 15.5. The molecule has 0 unspecified atom stereocenters. The molecule has 0 saturated heterocycles. The van der Waals surface area contributed by atoms with Gasteiger partial charge in [-0.2, -0.15) is 0 Å². The summed E-state index contributed by atoms with van der Waals surface area (Å²) in [7, 11) is 0. The summed E-state index contributed by atoms with van der Waals surface area (Å²) in [6.45, 7) is 3.83. The average molecular weight is 558 g/mol. The molecular formula is C25H24FIN4O2. The number of benzene rings is 2. The van der Waals surface area contributed by atoms with Gasteiger partial charge in [-0.15, -0.1) is 0 Å². The molecule has 8 heteroatoms. The molecule has 2 heterocycles. The van der Waals surface area contributed by atoms with E-state index < -0.39 is 6.04 Å². The Bertz CT molecular complexity index is 1370. The van der Waals surface area contributed by atoms with Crippen molar-refractivity contribution in [1.82, 2.24) is 19.5 Å². The highest BCUT2D eigenvalue weighted by Gasteiger charge is 2.35. The highest BCUT2D eigenvalue weighted by Crippen LogP contribution is 2.44. The topological polar surface area (TPSA) is 86.7 Å². The first-order valence-electron chi connectivity index (χ1n) is 11.0. The summed E-state index contributed by atoms with van der Waals surface area (Å²) in [5.41, 5.74) is 2.79. The number of hydrogen-bond acceptors (Lipinski definition) is 3. The Morgan fingerprint density at radius 1 is 1.18 bits per heavy atom. The number of halogens is 2. The quantitative estimate of drug-likeness (QED) is 0.270. The third kappa shape index (κ3) is 4.01. The Morgan fingerprint density at radius 2 is 1.91 bits per heavy atom. The van der Waals surface area contributed by atoms with E-state index in [-0.39, 0.29) is 29.2 Å². The molecule has 2 aromatic heterocycles. The van der Waals surface area contributed by atoms with E-state index in [1.165, 1.54) is 10.6 Å². The van der Waals surface area contributed by atoms with Crippen molar-refractivity contribution in [1.29, 1.82) is 0 Å². The lowest BCUT2D eigenvalue weighted by Gasteiger charge is -2.24. The van der Waals surface area contributed by atoms with Gasteiger partial charge in [-0.3, -0.25) is 4.57 Å². The summed E-state index contributed by atoms with van der Waals surface area (Å²) in [6.07, 6.45) is 1.89. The number of aromatic hydroxyl groups is 1. The molecule has 170 valence electrons. The Labute approximate surface area is 204 Å². The average Bonchev–Trinajstić information content (AvgIpc) is 3.51. The van der Waals surface area contributed by atoms with E-state index in [4.69, 9.17) is 4.98 Å². The van der Waals surface area contributed by atoms with E-state index in [0.717, 1.165) is 22.0 Å². The SMILES string of the molecule is Cc1[nH]c([C@H]([C@@H](C)c2ccccc2)n2c(O)c(C3CC3)[nH]c2=O)nc1-c1ccc(I)cc1F. The standard InChI is InChI=1S/C25H24FIN4O2/c1-13(15-6-4-3-5-7-15)22(31-24(32)21(16-8-9-16)30-25(31)33)23-28-14(2)20(29-23)18-11-10-17(27)12-19(18)26/h3-7,10-13,16,22,32H,8-9H2,1-2H3,(H,28,29)(H,30,33)/t13-,22-/m0/s1. The molecule has 0 bridgehead atoms. The van der Waals surface area contributed by atoms with Crippen LogP contribution in [0.15, 0.2) is 53.3 Å². The molecule has 33 heavy (non-hydrogen) atoms. The van der Waals surface area contributed by atoms with Gasteiger partial charge in [0.05, 0.1) is 11.4 Å². The monoisotopic (exact) mass is 558 g/mol. The number of H-pyrrole nitrogens is 2. The smallest absolute Gasteiger partial charge is 0.329 e. The molecule has 1 aliphatic carbocycles. The van der Waals surface area contributed by atoms with Crippen LogP contribution in [0, 0.1) is 16.3 Å². The molecule has 4 aromatic rings. The minimum atomic E-state index is -0.608. The van der Waals surface area contributed by atoms with Gasteiger partial charge in [0.1, 0.15) is 17.7 Å². The van der Waals surface area contributed by atoms with E-state index in [0.29, 0.717) is 28.5 Å². The predicted molar refractivity (Wildman–Crippen MR) is 133 cm³/mol. The van der Waals surface area contributed by atoms with Crippen LogP contribution < -0.4 is 5.69 Å².